The van der Waals surface area contributed by atoms with Gasteiger partial charge in [-0.25, -0.2) is 13.6 Å². The van der Waals surface area contributed by atoms with Gasteiger partial charge >= 0.3 is 6.09 Å². The molecule has 0 radical (unpaired) electrons. The summed E-state index contributed by atoms with van der Waals surface area (Å²) in [6.07, 6.45) is 0.190. The molecular formula is C26H28F2N2O5. The number of carbonyl (C=O) groups excluding carboxylic acids is 2. The molecule has 35 heavy (non-hydrogen) atoms. The van der Waals surface area contributed by atoms with Gasteiger partial charge in [-0.1, -0.05) is 6.07 Å². The van der Waals surface area contributed by atoms with Crippen molar-refractivity contribution in [2.75, 3.05) is 13.1 Å². The van der Waals surface area contributed by atoms with Crippen LogP contribution in [0.3, 0.4) is 0 Å². The van der Waals surface area contributed by atoms with Crippen LogP contribution in [0.5, 0.6) is 5.75 Å². The summed E-state index contributed by atoms with van der Waals surface area (Å²) in [6.45, 7) is 7.62. The minimum atomic E-state index is -0.692. The highest BCUT2D eigenvalue weighted by atomic mass is 19.1. The van der Waals surface area contributed by atoms with Gasteiger partial charge in [-0.15, -0.1) is 0 Å². The zero-order chi connectivity index (χ0) is 25.3. The highest BCUT2D eigenvalue weighted by Crippen LogP contribution is 2.30. The first-order chi connectivity index (χ1) is 16.5. The fraction of sp³-hybridized carbons (Fsp3) is 0.385. The largest absolute Gasteiger partial charge is 0.489 e. The molecule has 0 bridgehead atoms. The lowest BCUT2D eigenvalue weighted by Crippen LogP contribution is -2.40. The van der Waals surface area contributed by atoms with E-state index in [4.69, 9.17) is 13.9 Å². The van der Waals surface area contributed by atoms with Crippen molar-refractivity contribution in [2.24, 2.45) is 0 Å². The number of hydrogen-bond donors (Lipinski definition) is 1. The van der Waals surface area contributed by atoms with Gasteiger partial charge in [0, 0.05) is 24.5 Å². The molecule has 9 heteroatoms. The number of benzene rings is 2. The number of rotatable bonds is 5. The summed E-state index contributed by atoms with van der Waals surface area (Å²) >= 11 is 0. The van der Waals surface area contributed by atoms with E-state index in [1.54, 1.807) is 50.8 Å². The topological polar surface area (TPSA) is 81.0 Å². The van der Waals surface area contributed by atoms with E-state index in [9.17, 15) is 18.4 Å². The molecule has 1 aliphatic rings. The molecule has 0 spiro atoms. The maximum absolute atomic E-state index is 13.9. The van der Waals surface area contributed by atoms with Crippen LogP contribution in [0.15, 0.2) is 40.8 Å². The van der Waals surface area contributed by atoms with Gasteiger partial charge in [0.05, 0.1) is 11.1 Å². The lowest BCUT2D eigenvalue weighted by atomic mass is 10.1. The van der Waals surface area contributed by atoms with Gasteiger partial charge in [-0.3, -0.25) is 4.79 Å². The summed E-state index contributed by atoms with van der Waals surface area (Å²) in [5.41, 5.74) is 0.0603. The fourth-order valence-electron chi connectivity index (χ4n) is 4.02. The van der Waals surface area contributed by atoms with Crippen LogP contribution >= 0.6 is 0 Å². The van der Waals surface area contributed by atoms with Crippen molar-refractivity contribution in [2.45, 2.75) is 52.4 Å². The molecule has 1 saturated heterocycles. The van der Waals surface area contributed by atoms with Crippen molar-refractivity contribution in [1.82, 2.24) is 10.2 Å². The minimum absolute atomic E-state index is 0.176. The van der Waals surface area contributed by atoms with Crippen molar-refractivity contribution < 1.29 is 32.3 Å². The summed E-state index contributed by atoms with van der Waals surface area (Å²) < 4.78 is 44.6. The average Bonchev–Trinajstić information content (AvgIpc) is 3.35. The van der Waals surface area contributed by atoms with Crippen LogP contribution in [-0.4, -0.2) is 41.6 Å². The van der Waals surface area contributed by atoms with E-state index in [-0.39, 0.29) is 24.1 Å². The highest BCUT2D eigenvalue weighted by molar-refractivity contribution is 6.07. The predicted molar refractivity (Wildman–Crippen MR) is 125 cm³/mol. The van der Waals surface area contributed by atoms with E-state index in [1.807, 2.05) is 0 Å². The van der Waals surface area contributed by atoms with Gasteiger partial charge in [0.15, 0.2) is 0 Å². The van der Waals surface area contributed by atoms with Crippen LogP contribution < -0.4 is 10.1 Å². The van der Waals surface area contributed by atoms with E-state index in [1.165, 1.54) is 18.2 Å². The first-order valence-electron chi connectivity index (χ1n) is 11.4. The van der Waals surface area contributed by atoms with E-state index >= 15 is 0 Å². The molecule has 2 aromatic carbocycles. The van der Waals surface area contributed by atoms with E-state index in [0.29, 0.717) is 47.6 Å². The molecule has 1 atom stereocenters. The number of fused-ring (bicyclic) bond motifs is 1. The molecule has 1 fully saturated rings. The first kappa shape index (κ1) is 24.5. The van der Waals surface area contributed by atoms with Crippen molar-refractivity contribution in [3.05, 3.63) is 64.9 Å². The smallest absolute Gasteiger partial charge is 0.410 e. The molecule has 2 heterocycles. The Bertz CT molecular complexity index is 1240. The highest BCUT2D eigenvalue weighted by Gasteiger charge is 2.31. The first-order valence-corrected chi connectivity index (χ1v) is 11.4. The Balaban J connectivity index is 1.46. The van der Waals surface area contributed by atoms with Crippen LogP contribution in [-0.2, 0) is 11.3 Å². The van der Waals surface area contributed by atoms with Crippen molar-refractivity contribution in [3.63, 3.8) is 0 Å². The lowest BCUT2D eigenvalue weighted by Gasteiger charge is -2.24. The molecule has 1 aliphatic heterocycles. The maximum atomic E-state index is 13.9. The number of nitrogens with one attached hydrogen (secondary N) is 1. The normalized spacial score (nSPS) is 15.9. The molecule has 1 aromatic heterocycles. The second kappa shape index (κ2) is 9.56. The van der Waals surface area contributed by atoms with Crippen LogP contribution in [0.25, 0.3) is 11.0 Å². The second-order valence-corrected chi connectivity index (χ2v) is 9.57. The molecule has 0 aliphatic carbocycles. The molecule has 186 valence electrons. The van der Waals surface area contributed by atoms with Crippen molar-refractivity contribution in [1.29, 1.82) is 0 Å². The number of likely N-dealkylation sites (tertiary alicyclic amines) is 1. The molecule has 0 unspecified atom stereocenters. The molecule has 1 N–H and O–H groups in total. The monoisotopic (exact) mass is 486 g/mol. The van der Waals surface area contributed by atoms with Crippen molar-refractivity contribution in [3.8, 4) is 5.75 Å². The molecule has 7 nitrogen and oxygen atoms in total. The number of furan rings is 1. The molecule has 0 saturated carbocycles. The summed E-state index contributed by atoms with van der Waals surface area (Å²) in [5, 5.41) is 3.49. The van der Waals surface area contributed by atoms with Crippen LogP contribution in [0.1, 0.15) is 48.9 Å². The van der Waals surface area contributed by atoms with Gasteiger partial charge in [0.2, 0.25) is 0 Å². The van der Waals surface area contributed by atoms with Crippen LogP contribution in [0, 0.1) is 18.6 Å². The number of nitrogens with zero attached hydrogens (tertiary/aromatic N) is 1. The Labute approximate surface area is 202 Å². The Morgan fingerprint density at radius 1 is 1.17 bits per heavy atom. The Morgan fingerprint density at radius 3 is 2.57 bits per heavy atom. The minimum Gasteiger partial charge on any atom is -0.489 e. The number of ether oxygens (including phenoxy) is 2. The summed E-state index contributed by atoms with van der Waals surface area (Å²) in [7, 11) is 0. The SMILES string of the molecule is Cc1oc2ccc(OCc3c(F)cccc3F)cc2c1C(=O)N[C@H]1CCN(C(=O)OC(C)(C)C)C1. The van der Waals surface area contributed by atoms with Gasteiger partial charge < -0.3 is 24.1 Å². The third kappa shape index (κ3) is 5.55. The summed E-state index contributed by atoms with van der Waals surface area (Å²) in [5.74, 6) is -0.956. The van der Waals surface area contributed by atoms with Gasteiger partial charge in [-0.05, 0) is 64.4 Å². The Kier molecular flexibility index (Phi) is 6.69. The van der Waals surface area contributed by atoms with Gasteiger partial charge in [0.25, 0.3) is 5.91 Å². The average molecular weight is 487 g/mol. The van der Waals surface area contributed by atoms with E-state index in [0.717, 1.165) is 0 Å². The lowest BCUT2D eigenvalue weighted by molar-refractivity contribution is 0.0290. The maximum Gasteiger partial charge on any atom is 0.410 e. The second-order valence-electron chi connectivity index (χ2n) is 9.57. The Hall–Kier alpha value is -3.62. The molecular weight excluding hydrogens is 458 g/mol. The Morgan fingerprint density at radius 2 is 1.89 bits per heavy atom. The summed E-state index contributed by atoms with van der Waals surface area (Å²) in [6, 6.07) is 8.26. The quantitative estimate of drug-likeness (QED) is 0.527. The number of carbonyl (C=O) groups is 2. The van der Waals surface area contributed by atoms with Crippen LogP contribution in [0.2, 0.25) is 0 Å². The zero-order valence-corrected chi connectivity index (χ0v) is 20.1. The standard InChI is InChI=1S/C26H28F2N2O5/c1-15-23(24(31)29-16-10-11-30(13-16)25(32)35-26(2,3)4)18-12-17(8-9-22(18)34-15)33-14-19-20(27)6-5-7-21(19)28/h5-9,12,16H,10-11,13-14H2,1-4H3,(H,29,31)/t16-/m0/s1. The van der Waals surface area contributed by atoms with E-state index in [2.05, 4.69) is 5.32 Å². The third-order valence-corrected chi connectivity index (χ3v) is 5.68. The summed E-state index contributed by atoms with van der Waals surface area (Å²) in [4.78, 5) is 27.0. The third-order valence-electron chi connectivity index (χ3n) is 5.68. The molecule has 4 rings (SSSR count). The molecule has 2 amide bonds. The van der Waals surface area contributed by atoms with Crippen molar-refractivity contribution >= 4 is 23.0 Å². The number of halogens is 2. The number of amides is 2. The van der Waals surface area contributed by atoms with Gasteiger partial charge in [-0.2, -0.15) is 0 Å². The predicted octanol–water partition coefficient (Wildman–Crippen LogP) is 5.34. The van der Waals surface area contributed by atoms with Gasteiger partial charge in [0.1, 0.15) is 40.9 Å². The number of hydrogen-bond acceptors (Lipinski definition) is 5. The zero-order valence-electron chi connectivity index (χ0n) is 20.1. The number of aryl methyl sites for hydroxylation is 1. The van der Waals surface area contributed by atoms with Crippen LogP contribution in [0.4, 0.5) is 13.6 Å². The molecule has 3 aromatic rings. The van der Waals surface area contributed by atoms with E-state index < -0.39 is 23.3 Å². The fourth-order valence-corrected chi connectivity index (χ4v) is 4.02.